The van der Waals surface area contributed by atoms with Crippen LogP contribution in [-0.4, -0.2) is 17.9 Å². The first-order chi connectivity index (χ1) is 8.22. The number of rotatable bonds is 5. The summed E-state index contributed by atoms with van der Waals surface area (Å²) in [4.78, 5) is 10.0. The van der Waals surface area contributed by atoms with E-state index < -0.39 is 6.16 Å². The first kappa shape index (κ1) is 12.8. The van der Waals surface area contributed by atoms with E-state index >= 15 is 0 Å². The van der Waals surface area contributed by atoms with Crippen molar-refractivity contribution in [2.24, 2.45) is 0 Å². The van der Waals surface area contributed by atoms with Gasteiger partial charge in [-0.05, 0) is 30.5 Å². The van der Waals surface area contributed by atoms with Gasteiger partial charge in [0, 0.05) is 0 Å². The predicted octanol–water partition coefficient (Wildman–Crippen LogP) is 2.74. The molecule has 0 aliphatic rings. The summed E-state index contributed by atoms with van der Waals surface area (Å²) in [5, 5.41) is 16.9. The average molecular weight is 231 g/mol. The minimum Gasteiger partial charge on any atom is -0.450 e. The van der Waals surface area contributed by atoms with Gasteiger partial charge in [0.25, 0.3) is 0 Å². The number of nitriles is 1. The summed E-state index contributed by atoms with van der Waals surface area (Å²) in [5.74, 6) is 0. The van der Waals surface area contributed by atoms with Crippen LogP contribution in [0.2, 0.25) is 0 Å². The van der Waals surface area contributed by atoms with Crippen LogP contribution in [0.4, 0.5) is 4.79 Å². The molecule has 0 saturated carbocycles. The molecule has 88 valence electrons. The molecule has 0 bridgehead atoms. The van der Waals surface area contributed by atoms with Gasteiger partial charge in [0.1, 0.15) is 0 Å². The van der Waals surface area contributed by atoms with Crippen molar-refractivity contribution >= 4 is 6.16 Å². The van der Waals surface area contributed by atoms with Crippen molar-refractivity contribution < 1.29 is 14.6 Å². The van der Waals surface area contributed by atoms with Gasteiger partial charge in [-0.2, -0.15) is 5.26 Å². The molecule has 0 spiro atoms. The van der Waals surface area contributed by atoms with Gasteiger partial charge in [0.2, 0.25) is 0 Å². The summed E-state index contributed by atoms with van der Waals surface area (Å²) >= 11 is 0. The number of benzene rings is 1. The molecule has 0 atom stereocenters. The van der Waals surface area contributed by atoms with Crippen LogP contribution in [0.3, 0.4) is 0 Å². The lowest BCUT2D eigenvalue weighted by Gasteiger charge is -1.97. The van der Waals surface area contributed by atoms with Crippen LogP contribution in [0, 0.1) is 11.3 Å². The molecule has 0 fully saturated rings. The summed E-state index contributed by atoms with van der Waals surface area (Å²) in [7, 11) is 0. The fourth-order valence-corrected chi connectivity index (χ4v) is 1.32. The second-order valence-electron chi connectivity index (χ2n) is 3.39. The molecule has 17 heavy (non-hydrogen) atoms. The normalized spacial score (nSPS) is 10.1. The largest absolute Gasteiger partial charge is 0.505 e. The van der Waals surface area contributed by atoms with Crippen molar-refractivity contribution in [1.82, 2.24) is 0 Å². The molecule has 0 saturated heterocycles. The van der Waals surface area contributed by atoms with Crippen molar-refractivity contribution in [2.75, 3.05) is 6.61 Å². The molecule has 0 aromatic heterocycles. The van der Waals surface area contributed by atoms with Gasteiger partial charge in [-0.15, -0.1) is 0 Å². The Bertz CT molecular complexity index is 446. The molecular formula is C13H13NO3. The maximum atomic E-state index is 10.0. The summed E-state index contributed by atoms with van der Waals surface area (Å²) < 4.78 is 4.35. The van der Waals surface area contributed by atoms with Gasteiger partial charge in [-0.1, -0.05) is 24.3 Å². The van der Waals surface area contributed by atoms with Crippen molar-refractivity contribution in [1.29, 1.82) is 5.26 Å². The van der Waals surface area contributed by atoms with E-state index in [4.69, 9.17) is 10.4 Å². The van der Waals surface area contributed by atoms with E-state index in [0.29, 0.717) is 12.0 Å². The van der Waals surface area contributed by atoms with Gasteiger partial charge in [-0.3, -0.25) is 0 Å². The zero-order valence-corrected chi connectivity index (χ0v) is 9.30. The van der Waals surface area contributed by atoms with E-state index in [-0.39, 0.29) is 6.61 Å². The zero-order chi connectivity index (χ0) is 12.5. The van der Waals surface area contributed by atoms with Gasteiger partial charge >= 0.3 is 6.16 Å². The number of allylic oxidation sites excluding steroid dienone is 1. The highest BCUT2D eigenvalue weighted by Crippen LogP contribution is 2.05. The molecule has 1 aromatic carbocycles. The van der Waals surface area contributed by atoms with E-state index in [1.54, 1.807) is 6.07 Å². The summed E-state index contributed by atoms with van der Waals surface area (Å²) in [5.41, 5.74) is 1.70. The Hall–Kier alpha value is -2.28. The Balaban J connectivity index is 2.32. The van der Waals surface area contributed by atoms with Crippen LogP contribution < -0.4 is 0 Å². The third-order valence-electron chi connectivity index (χ3n) is 2.09. The van der Waals surface area contributed by atoms with E-state index in [1.165, 1.54) is 0 Å². The quantitative estimate of drug-likeness (QED) is 0.480. The van der Waals surface area contributed by atoms with Gasteiger partial charge in [-0.25, -0.2) is 4.79 Å². The molecule has 1 rings (SSSR count). The highest BCUT2D eigenvalue weighted by atomic mass is 16.7. The van der Waals surface area contributed by atoms with Crippen molar-refractivity contribution in [3.63, 3.8) is 0 Å². The fourth-order valence-electron chi connectivity index (χ4n) is 1.32. The highest BCUT2D eigenvalue weighted by Gasteiger charge is 1.94. The zero-order valence-electron chi connectivity index (χ0n) is 9.30. The van der Waals surface area contributed by atoms with Crippen LogP contribution in [0.1, 0.15) is 17.5 Å². The van der Waals surface area contributed by atoms with E-state index in [1.807, 2.05) is 30.4 Å². The number of carboxylic acid groups (broad SMARTS) is 1. The maximum Gasteiger partial charge on any atom is 0.505 e. The second-order valence-corrected chi connectivity index (χ2v) is 3.39. The number of hydrogen-bond acceptors (Lipinski definition) is 3. The summed E-state index contributed by atoms with van der Waals surface area (Å²) in [6, 6.07) is 9.46. The summed E-state index contributed by atoms with van der Waals surface area (Å²) in [6.07, 6.45) is 3.83. The van der Waals surface area contributed by atoms with Crippen molar-refractivity contribution in [2.45, 2.75) is 12.8 Å². The molecule has 4 heteroatoms. The van der Waals surface area contributed by atoms with Crippen molar-refractivity contribution in [3.05, 3.63) is 47.5 Å². The molecule has 0 amide bonds. The Morgan fingerprint density at radius 3 is 3.00 bits per heavy atom. The Labute approximate surface area is 99.8 Å². The molecule has 0 heterocycles. The molecule has 0 aliphatic carbocycles. The number of carbonyl (C=O) groups is 1. The second kappa shape index (κ2) is 7.07. The third kappa shape index (κ3) is 5.38. The van der Waals surface area contributed by atoms with E-state index in [2.05, 4.69) is 10.8 Å². The lowest BCUT2D eigenvalue weighted by molar-refractivity contribution is 0.0932. The van der Waals surface area contributed by atoms with Crippen LogP contribution >= 0.6 is 0 Å². The minimum absolute atomic E-state index is 0.171. The average Bonchev–Trinajstić information content (AvgIpc) is 2.33. The highest BCUT2D eigenvalue weighted by molar-refractivity contribution is 5.56. The SMILES string of the molecule is N#Cc1cccc(C/C=C/CCOC(=O)O)c1. The molecular weight excluding hydrogens is 218 g/mol. The first-order valence-corrected chi connectivity index (χ1v) is 5.22. The molecule has 4 nitrogen and oxygen atoms in total. The monoisotopic (exact) mass is 231 g/mol. The van der Waals surface area contributed by atoms with Crippen LogP contribution in [0.15, 0.2) is 36.4 Å². The van der Waals surface area contributed by atoms with E-state index in [9.17, 15) is 4.79 Å². The Morgan fingerprint density at radius 2 is 2.29 bits per heavy atom. The fraction of sp³-hybridized carbons (Fsp3) is 0.231. The standard InChI is InChI=1S/C13H13NO3/c14-10-12-7-4-6-11(9-12)5-2-1-3-8-17-13(15)16/h1-2,4,6-7,9H,3,5,8H2,(H,15,16)/b2-1+. The Morgan fingerprint density at radius 1 is 1.47 bits per heavy atom. The molecule has 1 N–H and O–H groups in total. The first-order valence-electron chi connectivity index (χ1n) is 5.22. The lowest BCUT2D eigenvalue weighted by Crippen LogP contribution is -2.00. The molecule has 1 aromatic rings. The third-order valence-corrected chi connectivity index (χ3v) is 2.09. The Kier molecular flexibility index (Phi) is 5.32. The van der Waals surface area contributed by atoms with Gasteiger partial charge in [0.15, 0.2) is 0 Å². The van der Waals surface area contributed by atoms with Crippen LogP contribution in [0.25, 0.3) is 0 Å². The van der Waals surface area contributed by atoms with E-state index in [0.717, 1.165) is 12.0 Å². The number of hydrogen-bond donors (Lipinski definition) is 1. The maximum absolute atomic E-state index is 10.0. The summed E-state index contributed by atoms with van der Waals surface area (Å²) in [6.45, 7) is 0.171. The van der Waals surface area contributed by atoms with Crippen molar-refractivity contribution in [3.8, 4) is 6.07 Å². The molecule has 0 radical (unpaired) electrons. The lowest BCUT2D eigenvalue weighted by atomic mass is 10.1. The van der Waals surface area contributed by atoms with Crippen LogP contribution in [-0.2, 0) is 11.2 Å². The number of ether oxygens (including phenoxy) is 1. The predicted molar refractivity (Wildman–Crippen MR) is 62.6 cm³/mol. The van der Waals surface area contributed by atoms with Gasteiger partial charge in [0.05, 0.1) is 18.2 Å². The molecule has 0 unspecified atom stereocenters. The minimum atomic E-state index is -1.25. The van der Waals surface area contributed by atoms with Gasteiger partial charge < -0.3 is 9.84 Å². The topological polar surface area (TPSA) is 70.3 Å². The number of nitrogens with zero attached hydrogens (tertiary/aromatic N) is 1. The van der Waals surface area contributed by atoms with Crippen LogP contribution in [0.5, 0.6) is 0 Å². The smallest absolute Gasteiger partial charge is 0.450 e. The molecule has 0 aliphatic heterocycles.